The van der Waals surface area contributed by atoms with Gasteiger partial charge in [0, 0.05) is 0 Å². The summed E-state index contributed by atoms with van der Waals surface area (Å²) in [5.74, 6) is 0. The minimum atomic E-state index is -5.40. The van der Waals surface area contributed by atoms with E-state index in [1.807, 2.05) is 0 Å². The lowest BCUT2D eigenvalue weighted by atomic mass is 9.97. The maximum absolute atomic E-state index is 12.7. The second kappa shape index (κ2) is 4.33. The van der Waals surface area contributed by atoms with Crippen molar-refractivity contribution in [3.05, 3.63) is 35.4 Å². The van der Waals surface area contributed by atoms with Gasteiger partial charge in [0.1, 0.15) is 0 Å². The lowest BCUT2D eigenvalue weighted by molar-refractivity contribution is -0.261. The van der Waals surface area contributed by atoms with Crippen molar-refractivity contribution in [1.29, 1.82) is 0 Å². The number of hydrogen-bond donors (Lipinski definition) is 0. The molecule has 17 heavy (non-hydrogen) atoms. The molecule has 96 valence electrons. The summed E-state index contributed by atoms with van der Waals surface area (Å²) < 4.78 is 72.1. The van der Waals surface area contributed by atoms with Gasteiger partial charge in [-0.05, 0) is 12.5 Å². The summed E-state index contributed by atoms with van der Waals surface area (Å²) >= 11 is 0.416. The second-order valence-corrected chi connectivity index (χ2v) is 5.14. The molecule has 1 aromatic carbocycles. The van der Waals surface area contributed by atoms with Crippen molar-refractivity contribution in [2.75, 3.05) is 0 Å². The number of benzene rings is 1. The molecule has 0 aliphatic rings. The Kier molecular flexibility index (Phi) is 3.71. The predicted molar refractivity (Wildman–Crippen MR) is 59.0 cm³/mol. The van der Waals surface area contributed by atoms with Crippen LogP contribution in [0.25, 0.3) is 0 Å². The maximum atomic E-state index is 12.7. The fourth-order valence-electron chi connectivity index (χ4n) is 1.27. The highest BCUT2D eigenvalue weighted by Gasteiger charge is 2.70. The molecule has 0 spiro atoms. The molecule has 0 saturated carbocycles. The number of alkyl halides is 7. The van der Waals surface area contributed by atoms with Crippen LogP contribution < -0.4 is 0 Å². The Hall–Kier alpha value is -0.470. The van der Waals surface area contributed by atoms with Crippen molar-refractivity contribution in [2.45, 2.75) is 22.7 Å². The first-order valence-corrected chi connectivity index (χ1v) is 5.47. The lowest BCUT2D eigenvalue weighted by Crippen LogP contribution is -2.48. The number of hydrogen-bond acceptors (Lipinski definition) is 0. The van der Waals surface area contributed by atoms with Crippen molar-refractivity contribution in [3.63, 3.8) is 0 Å². The Balaban J connectivity index is 3.41. The van der Waals surface area contributed by atoms with Crippen LogP contribution in [0.15, 0.2) is 24.3 Å². The van der Waals surface area contributed by atoms with Crippen molar-refractivity contribution >= 4 is 22.6 Å². The zero-order valence-electron chi connectivity index (χ0n) is 8.46. The fourth-order valence-corrected chi connectivity index (χ4v) is 1.63. The van der Waals surface area contributed by atoms with E-state index in [0.717, 1.165) is 12.1 Å². The summed E-state index contributed by atoms with van der Waals surface area (Å²) in [6.45, 7) is 1.58. The van der Waals surface area contributed by atoms with E-state index in [1.54, 1.807) is 6.92 Å². The molecular weight excluding hydrogens is 361 g/mol. The summed E-state index contributed by atoms with van der Waals surface area (Å²) in [7, 11) is 0. The molecule has 0 nitrogen and oxygen atoms in total. The van der Waals surface area contributed by atoms with Gasteiger partial charge in [-0.2, -0.15) is 26.3 Å². The monoisotopic (exact) mass is 368 g/mol. The highest BCUT2D eigenvalue weighted by molar-refractivity contribution is 14.1. The van der Waals surface area contributed by atoms with Crippen LogP contribution in [0.1, 0.15) is 11.1 Å². The van der Waals surface area contributed by atoms with Crippen LogP contribution >= 0.6 is 22.6 Å². The van der Waals surface area contributed by atoms with Crippen LogP contribution in [0, 0.1) is 6.92 Å². The Labute approximate surface area is 107 Å². The molecule has 0 bridgehead atoms. The lowest BCUT2D eigenvalue weighted by Gasteiger charge is -2.32. The quantitative estimate of drug-likeness (QED) is 0.381. The molecule has 0 saturated heterocycles. The molecule has 0 fully saturated rings. The summed E-state index contributed by atoms with van der Waals surface area (Å²) in [6.07, 6.45) is -10.8. The maximum Gasteiger partial charge on any atom is 0.416 e. The third kappa shape index (κ3) is 2.53. The van der Waals surface area contributed by atoms with Gasteiger partial charge in [0.2, 0.25) is 3.42 Å². The normalized spacial score (nSPS) is 13.9. The van der Waals surface area contributed by atoms with E-state index in [1.165, 1.54) is 12.1 Å². The van der Waals surface area contributed by atoms with Gasteiger partial charge in [0.05, 0.1) is 0 Å². The first-order valence-electron chi connectivity index (χ1n) is 4.39. The molecule has 0 aliphatic carbocycles. The van der Waals surface area contributed by atoms with E-state index >= 15 is 0 Å². The van der Waals surface area contributed by atoms with Crippen LogP contribution in [0.2, 0.25) is 0 Å². The minimum Gasteiger partial charge on any atom is -0.169 e. The van der Waals surface area contributed by atoms with E-state index in [-0.39, 0.29) is 0 Å². The van der Waals surface area contributed by atoms with Crippen molar-refractivity contribution in [3.8, 4) is 0 Å². The molecule has 7 heteroatoms. The van der Waals surface area contributed by atoms with Gasteiger partial charge in [-0.3, -0.25) is 0 Å². The van der Waals surface area contributed by atoms with Gasteiger partial charge < -0.3 is 0 Å². The molecule has 0 aliphatic heterocycles. The first kappa shape index (κ1) is 14.6. The molecule has 0 aromatic heterocycles. The van der Waals surface area contributed by atoms with Crippen LogP contribution in [0.5, 0.6) is 0 Å². The van der Waals surface area contributed by atoms with Gasteiger partial charge in [0.25, 0.3) is 0 Å². The van der Waals surface area contributed by atoms with E-state index in [4.69, 9.17) is 0 Å². The third-order valence-corrected chi connectivity index (χ3v) is 4.08. The second-order valence-electron chi connectivity index (χ2n) is 3.52. The average molecular weight is 368 g/mol. The average Bonchev–Trinajstić information content (AvgIpc) is 2.14. The zero-order chi connectivity index (χ0) is 13.5. The largest absolute Gasteiger partial charge is 0.416 e. The molecular formula is C10H7F6I. The van der Waals surface area contributed by atoms with Crippen LogP contribution in [0.3, 0.4) is 0 Å². The molecule has 0 unspecified atom stereocenters. The topological polar surface area (TPSA) is 0 Å². The van der Waals surface area contributed by atoms with Gasteiger partial charge in [0.15, 0.2) is 0 Å². The number of rotatable bonds is 1. The van der Waals surface area contributed by atoms with E-state index in [2.05, 4.69) is 0 Å². The Morgan fingerprint density at radius 2 is 1.18 bits per heavy atom. The molecule has 0 N–H and O–H groups in total. The Morgan fingerprint density at radius 1 is 0.824 bits per heavy atom. The van der Waals surface area contributed by atoms with Crippen LogP contribution in [0.4, 0.5) is 26.3 Å². The fraction of sp³-hybridized carbons (Fsp3) is 0.400. The minimum absolute atomic E-state index is 0.416. The zero-order valence-corrected chi connectivity index (χ0v) is 10.6. The standard InChI is InChI=1S/C10H7F6I/c1-6-2-4-7(5-3-6)8(17,9(11,12)13)10(14,15)16/h2-5H,1H3. The Morgan fingerprint density at radius 3 is 1.47 bits per heavy atom. The summed E-state index contributed by atoms with van der Waals surface area (Å²) in [4.78, 5) is 0. The van der Waals surface area contributed by atoms with E-state index < -0.39 is 21.3 Å². The van der Waals surface area contributed by atoms with Gasteiger partial charge in [-0.15, -0.1) is 0 Å². The smallest absolute Gasteiger partial charge is 0.169 e. The van der Waals surface area contributed by atoms with Crippen LogP contribution in [-0.2, 0) is 3.42 Å². The van der Waals surface area contributed by atoms with Gasteiger partial charge >= 0.3 is 12.4 Å². The summed E-state index contributed by atoms with van der Waals surface area (Å²) in [5, 5.41) is 0. The molecule has 0 atom stereocenters. The van der Waals surface area contributed by atoms with Crippen molar-refractivity contribution in [2.24, 2.45) is 0 Å². The summed E-state index contributed by atoms with van der Waals surface area (Å²) in [6, 6.07) is 4.14. The number of aryl methyl sites for hydroxylation is 1. The highest BCUT2D eigenvalue weighted by Crippen LogP contribution is 2.56. The Bertz CT molecular complexity index is 375. The van der Waals surface area contributed by atoms with Crippen molar-refractivity contribution in [1.82, 2.24) is 0 Å². The van der Waals surface area contributed by atoms with E-state index in [9.17, 15) is 26.3 Å². The molecule has 0 amide bonds. The van der Waals surface area contributed by atoms with Crippen molar-refractivity contribution < 1.29 is 26.3 Å². The molecule has 1 aromatic rings. The van der Waals surface area contributed by atoms with Gasteiger partial charge in [-0.25, -0.2) is 0 Å². The molecule has 0 radical (unpaired) electrons. The van der Waals surface area contributed by atoms with Gasteiger partial charge in [-0.1, -0.05) is 52.4 Å². The number of halogens is 7. The first-order chi connectivity index (χ1) is 7.50. The summed E-state index contributed by atoms with van der Waals surface area (Å²) in [5.41, 5.74) is -0.222. The SMILES string of the molecule is Cc1ccc(C(I)(C(F)(F)F)C(F)(F)F)cc1. The third-order valence-electron chi connectivity index (χ3n) is 2.23. The molecule has 0 heterocycles. The highest BCUT2D eigenvalue weighted by atomic mass is 127. The van der Waals surface area contributed by atoms with E-state index in [0.29, 0.717) is 28.2 Å². The predicted octanol–water partition coefficient (Wildman–Crippen LogP) is 4.75. The molecule has 1 rings (SSSR count). The van der Waals surface area contributed by atoms with Crippen LogP contribution in [-0.4, -0.2) is 12.4 Å².